The molecule has 84 valence electrons. The van der Waals surface area contributed by atoms with E-state index in [1.165, 1.54) is 11.3 Å². The van der Waals surface area contributed by atoms with E-state index in [1.54, 1.807) is 13.8 Å². The van der Waals surface area contributed by atoms with Crippen LogP contribution in [0, 0.1) is 0 Å². The van der Waals surface area contributed by atoms with Gasteiger partial charge in [-0.1, -0.05) is 20.8 Å². The van der Waals surface area contributed by atoms with E-state index >= 15 is 0 Å². The summed E-state index contributed by atoms with van der Waals surface area (Å²) in [4.78, 5) is 11.8. The Morgan fingerprint density at radius 2 is 2.20 bits per heavy atom. The molecule has 4 heteroatoms. The third-order valence-corrected chi connectivity index (χ3v) is 3.93. The molecular formula is C11H16O3S. The molecule has 0 spiro atoms. The van der Waals surface area contributed by atoms with Gasteiger partial charge in [0.1, 0.15) is 0 Å². The van der Waals surface area contributed by atoms with E-state index in [2.05, 4.69) is 0 Å². The Labute approximate surface area is 93.4 Å². The standard InChI is InChI=1S/C11H16O3S/c1-4-7-5-6-15-9(7)11(2,3)8(12)10(13)14/h5-6,8,12H,4H2,1-3H3,(H,13,14). The zero-order valence-corrected chi connectivity index (χ0v) is 9.97. The molecule has 1 heterocycles. The third kappa shape index (κ3) is 2.21. The fourth-order valence-electron chi connectivity index (χ4n) is 1.61. The monoisotopic (exact) mass is 228 g/mol. The van der Waals surface area contributed by atoms with Gasteiger partial charge < -0.3 is 10.2 Å². The predicted octanol–water partition coefficient (Wildman–Crippen LogP) is 2.03. The van der Waals surface area contributed by atoms with Gasteiger partial charge in [0.05, 0.1) is 0 Å². The molecule has 0 bridgehead atoms. The summed E-state index contributed by atoms with van der Waals surface area (Å²) < 4.78 is 0. The van der Waals surface area contributed by atoms with Crippen LogP contribution >= 0.6 is 11.3 Å². The molecule has 1 rings (SSSR count). The van der Waals surface area contributed by atoms with Gasteiger partial charge >= 0.3 is 5.97 Å². The number of aliphatic hydroxyl groups excluding tert-OH is 1. The van der Waals surface area contributed by atoms with E-state index in [1.807, 2.05) is 18.4 Å². The van der Waals surface area contributed by atoms with Crippen molar-refractivity contribution in [1.29, 1.82) is 0 Å². The van der Waals surface area contributed by atoms with Crippen LogP contribution in [0.15, 0.2) is 11.4 Å². The van der Waals surface area contributed by atoms with Gasteiger partial charge in [-0.05, 0) is 23.4 Å². The average Bonchev–Trinajstić information content (AvgIpc) is 2.64. The van der Waals surface area contributed by atoms with Crippen LogP contribution in [-0.2, 0) is 16.6 Å². The zero-order valence-electron chi connectivity index (χ0n) is 9.15. The van der Waals surface area contributed by atoms with Crippen molar-refractivity contribution >= 4 is 17.3 Å². The van der Waals surface area contributed by atoms with Crippen molar-refractivity contribution in [1.82, 2.24) is 0 Å². The van der Waals surface area contributed by atoms with Crippen LogP contribution < -0.4 is 0 Å². The highest BCUT2D eigenvalue weighted by Gasteiger charge is 2.37. The molecule has 2 N–H and O–H groups in total. The summed E-state index contributed by atoms with van der Waals surface area (Å²) >= 11 is 1.50. The fraction of sp³-hybridized carbons (Fsp3) is 0.545. The molecule has 0 aromatic carbocycles. The minimum atomic E-state index is -1.36. The van der Waals surface area contributed by atoms with Crippen LogP contribution in [0.1, 0.15) is 31.2 Å². The van der Waals surface area contributed by atoms with E-state index in [4.69, 9.17) is 5.11 Å². The number of hydrogen-bond acceptors (Lipinski definition) is 3. The first kappa shape index (κ1) is 12.2. The maximum absolute atomic E-state index is 10.8. The van der Waals surface area contributed by atoms with Gasteiger partial charge in [-0.2, -0.15) is 0 Å². The SMILES string of the molecule is CCc1ccsc1C(C)(C)C(O)C(=O)O. The Balaban J connectivity index is 3.10. The smallest absolute Gasteiger partial charge is 0.333 e. The molecule has 1 atom stereocenters. The van der Waals surface area contributed by atoms with Crippen molar-refractivity contribution < 1.29 is 15.0 Å². The third-order valence-electron chi connectivity index (χ3n) is 2.63. The van der Waals surface area contributed by atoms with Crippen LogP contribution in [0.4, 0.5) is 0 Å². The first-order chi connectivity index (χ1) is 6.91. The van der Waals surface area contributed by atoms with Crippen molar-refractivity contribution in [3.8, 4) is 0 Å². The van der Waals surface area contributed by atoms with Crippen LogP contribution in [0.3, 0.4) is 0 Å². The second-order valence-electron chi connectivity index (χ2n) is 4.09. The van der Waals surface area contributed by atoms with Crippen LogP contribution in [0.5, 0.6) is 0 Å². The van der Waals surface area contributed by atoms with Gasteiger partial charge in [-0.25, -0.2) is 4.79 Å². The summed E-state index contributed by atoms with van der Waals surface area (Å²) in [6, 6.07) is 1.98. The Bertz CT molecular complexity index is 354. The summed E-state index contributed by atoms with van der Waals surface area (Å²) in [6.07, 6.45) is -0.504. The average molecular weight is 228 g/mol. The number of thiophene rings is 1. The van der Waals surface area contributed by atoms with E-state index in [9.17, 15) is 9.90 Å². The van der Waals surface area contributed by atoms with Crippen molar-refractivity contribution in [3.05, 3.63) is 21.9 Å². The number of aliphatic hydroxyl groups is 1. The number of carboxylic acids is 1. The maximum Gasteiger partial charge on any atom is 0.333 e. The van der Waals surface area contributed by atoms with Gasteiger partial charge in [0, 0.05) is 10.3 Å². The number of carbonyl (C=O) groups is 1. The molecule has 1 aromatic heterocycles. The highest BCUT2D eigenvalue weighted by atomic mass is 32.1. The maximum atomic E-state index is 10.8. The Kier molecular flexibility index (Phi) is 3.52. The fourth-order valence-corrected chi connectivity index (χ4v) is 2.76. The van der Waals surface area contributed by atoms with Crippen LogP contribution in [0.2, 0.25) is 0 Å². The number of rotatable bonds is 4. The van der Waals surface area contributed by atoms with Gasteiger partial charge in [-0.15, -0.1) is 11.3 Å². The summed E-state index contributed by atoms with van der Waals surface area (Å²) in [5.41, 5.74) is 0.385. The lowest BCUT2D eigenvalue weighted by Crippen LogP contribution is -2.39. The quantitative estimate of drug-likeness (QED) is 0.829. The normalized spacial score (nSPS) is 13.9. The second kappa shape index (κ2) is 4.33. The Morgan fingerprint density at radius 1 is 1.60 bits per heavy atom. The molecule has 0 amide bonds. The first-order valence-corrected chi connectivity index (χ1v) is 5.77. The molecule has 0 saturated carbocycles. The van der Waals surface area contributed by atoms with Crippen LogP contribution in [0.25, 0.3) is 0 Å². The summed E-state index contributed by atoms with van der Waals surface area (Å²) in [6.45, 7) is 5.54. The van der Waals surface area contributed by atoms with Crippen LogP contribution in [-0.4, -0.2) is 22.3 Å². The zero-order chi connectivity index (χ0) is 11.6. The van der Waals surface area contributed by atoms with Gasteiger partial charge in [0.15, 0.2) is 6.10 Å². The topological polar surface area (TPSA) is 57.5 Å². The van der Waals surface area contributed by atoms with Crippen molar-refractivity contribution in [2.24, 2.45) is 0 Å². The lowest BCUT2D eigenvalue weighted by molar-refractivity contribution is -0.150. The molecule has 0 saturated heterocycles. The largest absolute Gasteiger partial charge is 0.479 e. The van der Waals surface area contributed by atoms with Crippen molar-refractivity contribution in [2.75, 3.05) is 0 Å². The lowest BCUT2D eigenvalue weighted by atomic mass is 9.82. The van der Waals surface area contributed by atoms with Gasteiger partial charge in [0.2, 0.25) is 0 Å². The molecule has 15 heavy (non-hydrogen) atoms. The molecular weight excluding hydrogens is 212 g/mol. The number of hydrogen-bond donors (Lipinski definition) is 2. The predicted molar refractivity (Wildman–Crippen MR) is 60.4 cm³/mol. The number of aliphatic carboxylic acids is 1. The van der Waals surface area contributed by atoms with Gasteiger partial charge in [0.25, 0.3) is 0 Å². The second-order valence-corrected chi connectivity index (χ2v) is 5.01. The van der Waals surface area contributed by atoms with E-state index in [-0.39, 0.29) is 0 Å². The number of carboxylic acid groups (broad SMARTS) is 1. The van der Waals surface area contributed by atoms with E-state index in [0.717, 1.165) is 16.9 Å². The molecule has 1 aromatic rings. The molecule has 0 fully saturated rings. The first-order valence-electron chi connectivity index (χ1n) is 4.89. The number of aryl methyl sites for hydroxylation is 1. The highest BCUT2D eigenvalue weighted by molar-refractivity contribution is 7.10. The van der Waals surface area contributed by atoms with E-state index in [0.29, 0.717) is 0 Å². The summed E-state index contributed by atoms with van der Waals surface area (Å²) in [5, 5.41) is 20.4. The molecule has 0 aliphatic carbocycles. The minimum absolute atomic E-state index is 0.731. The van der Waals surface area contributed by atoms with Gasteiger partial charge in [-0.3, -0.25) is 0 Å². The molecule has 0 aliphatic rings. The Morgan fingerprint density at radius 3 is 2.67 bits per heavy atom. The molecule has 1 unspecified atom stereocenters. The minimum Gasteiger partial charge on any atom is -0.479 e. The van der Waals surface area contributed by atoms with Crippen molar-refractivity contribution in [2.45, 2.75) is 38.7 Å². The molecule has 0 radical (unpaired) electrons. The lowest BCUT2D eigenvalue weighted by Gasteiger charge is -2.27. The highest BCUT2D eigenvalue weighted by Crippen LogP contribution is 2.34. The van der Waals surface area contributed by atoms with Crippen molar-refractivity contribution in [3.63, 3.8) is 0 Å². The Hall–Kier alpha value is -0.870. The molecule has 0 aliphatic heterocycles. The molecule has 3 nitrogen and oxygen atoms in total. The summed E-state index contributed by atoms with van der Waals surface area (Å²) in [7, 11) is 0. The van der Waals surface area contributed by atoms with E-state index < -0.39 is 17.5 Å². The summed E-state index contributed by atoms with van der Waals surface area (Å²) in [5.74, 6) is -1.17.